The Balaban J connectivity index is 2.26. The van der Waals surface area contributed by atoms with Crippen molar-refractivity contribution in [3.8, 4) is 0 Å². The van der Waals surface area contributed by atoms with E-state index in [0.29, 0.717) is 10.7 Å². The first-order valence-electron chi connectivity index (χ1n) is 5.28. The third-order valence-electron chi connectivity index (χ3n) is 2.94. The molecular formula is C12H12ClNO3. The maximum absolute atomic E-state index is 11.7. The molecule has 0 aliphatic carbocycles. The highest BCUT2D eigenvalue weighted by Gasteiger charge is 2.35. The summed E-state index contributed by atoms with van der Waals surface area (Å²) in [6, 6.07) is 5.29. The van der Waals surface area contributed by atoms with E-state index >= 15 is 0 Å². The molecule has 1 atom stereocenters. The quantitative estimate of drug-likeness (QED) is 0.878. The number of amides is 1. The van der Waals surface area contributed by atoms with E-state index in [0.717, 1.165) is 5.56 Å². The second kappa shape index (κ2) is 4.37. The smallest absolute Gasteiger partial charge is 0.308 e. The fraction of sp³-hybridized carbons (Fsp3) is 0.333. The van der Waals surface area contributed by atoms with E-state index < -0.39 is 11.9 Å². The van der Waals surface area contributed by atoms with Crippen LogP contribution in [0, 0.1) is 12.8 Å². The first-order valence-corrected chi connectivity index (χ1v) is 5.66. The highest BCUT2D eigenvalue weighted by molar-refractivity contribution is 6.31. The number of benzene rings is 1. The van der Waals surface area contributed by atoms with Gasteiger partial charge in [-0.1, -0.05) is 17.7 Å². The molecule has 1 fully saturated rings. The van der Waals surface area contributed by atoms with Gasteiger partial charge in [0, 0.05) is 23.7 Å². The van der Waals surface area contributed by atoms with Gasteiger partial charge < -0.3 is 10.0 Å². The number of carbonyl (C=O) groups is 2. The molecule has 1 aliphatic rings. The normalized spacial score (nSPS) is 19.8. The molecular weight excluding hydrogens is 242 g/mol. The van der Waals surface area contributed by atoms with Crippen LogP contribution in [-0.2, 0) is 9.59 Å². The van der Waals surface area contributed by atoms with Crippen molar-refractivity contribution in [2.45, 2.75) is 13.3 Å². The van der Waals surface area contributed by atoms with Crippen molar-refractivity contribution in [3.63, 3.8) is 0 Å². The van der Waals surface area contributed by atoms with E-state index in [1.807, 2.05) is 13.0 Å². The number of aliphatic carboxylic acids is 1. The third kappa shape index (κ3) is 2.26. The average molecular weight is 254 g/mol. The molecule has 4 nitrogen and oxygen atoms in total. The molecule has 1 amide bonds. The highest BCUT2D eigenvalue weighted by Crippen LogP contribution is 2.28. The zero-order valence-corrected chi connectivity index (χ0v) is 10.1. The molecule has 1 heterocycles. The standard InChI is InChI=1S/C12H12ClNO3/c1-7-2-3-9(5-10(7)13)14-6-8(12(16)17)4-11(14)15/h2-3,5,8H,4,6H2,1H3,(H,16,17)/t8-/m1/s1. The van der Waals surface area contributed by atoms with Gasteiger partial charge in [-0.25, -0.2) is 0 Å². The van der Waals surface area contributed by atoms with Crippen LogP contribution in [0.15, 0.2) is 18.2 Å². The van der Waals surface area contributed by atoms with Crippen LogP contribution < -0.4 is 4.90 Å². The Kier molecular flexibility index (Phi) is 3.07. The van der Waals surface area contributed by atoms with Crippen molar-refractivity contribution in [2.75, 3.05) is 11.4 Å². The zero-order valence-electron chi connectivity index (χ0n) is 9.31. The van der Waals surface area contributed by atoms with Crippen LogP contribution in [0.3, 0.4) is 0 Å². The monoisotopic (exact) mass is 253 g/mol. The van der Waals surface area contributed by atoms with Crippen LogP contribution in [0.25, 0.3) is 0 Å². The molecule has 0 bridgehead atoms. The topological polar surface area (TPSA) is 57.6 Å². The minimum Gasteiger partial charge on any atom is -0.481 e. The minimum atomic E-state index is -0.931. The summed E-state index contributed by atoms with van der Waals surface area (Å²) in [7, 11) is 0. The highest BCUT2D eigenvalue weighted by atomic mass is 35.5. The molecule has 1 aromatic rings. The number of hydrogen-bond acceptors (Lipinski definition) is 2. The predicted octanol–water partition coefficient (Wildman–Crippen LogP) is 2.09. The number of anilines is 1. The Bertz CT molecular complexity index is 487. The van der Waals surface area contributed by atoms with Gasteiger partial charge in [-0.15, -0.1) is 0 Å². The second-order valence-electron chi connectivity index (χ2n) is 4.18. The maximum atomic E-state index is 11.7. The van der Waals surface area contributed by atoms with Gasteiger partial charge in [-0.05, 0) is 24.6 Å². The van der Waals surface area contributed by atoms with Gasteiger partial charge in [-0.3, -0.25) is 9.59 Å². The van der Waals surface area contributed by atoms with E-state index in [2.05, 4.69) is 0 Å². The molecule has 0 aromatic heterocycles. The molecule has 1 aliphatic heterocycles. The first-order chi connectivity index (χ1) is 7.99. The first kappa shape index (κ1) is 11.9. The molecule has 5 heteroatoms. The summed E-state index contributed by atoms with van der Waals surface area (Å²) < 4.78 is 0. The minimum absolute atomic E-state index is 0.0564. The largest absolute Gasteiger partial charge is 0.481 e. The van der Waals surface area contributed by atoms with Gasteiger partial charge in [0.15, 0.2) is 0 Å². The lowest BCUT2D eigenvalue weighted by Gasteiger charge is -2.16. The molecule has 1 saturated heterocycles. The van der Waals surface area contributed by atoms with Crippen molar-refractivity contribution in [2.24, 2.45) is 5.92 Å². The number of carbonyl (C=O) groups excluding carboxylic acids is 1. The van der Waals surface area contributed by atoms with Crippen LogP contribution in [0.2, 0.25) is 5.02 Å². The van der Waals surface area contributed by atoms with E-state index in [1.54, 1.807) is 12.1 Å². The lowest BCUT2D eigenvalue weighted by atomic mass is 10.1. The Hall–Kier alpha value is -1.55. The molecule has 2 rings (SSSR count). The molecule has 0 unspecified atom stereocenters. The van der Waals surface area contributed by atoms with Crippen molar-refractivity contribution in [3.05, 3.63) is 28.8 Å². The Labute approximate surface area is 104 Å². The van der Waals surface area contributed by atoms with Gasteiger partial charge in [0.1, 0.15) is 0 Å². The van der Waals surface area contributed by atoms with E-state index in [4.69, 9.17) is 16.7 Å². The Morgan fingerprint density at radius 2 is 2.24 bits per heavy atom. The SMILES string of the molecule is Cc1ccc(N2C[C@H](C(=O)O)CC2=O)cc1Cl. The number of carboxylic acid groups (broad SMARTS) is 1. The molecule has 17 heavy (non-hydrogen) atoms. The predicted molar refractivity (Wildman–Crippen MR) is 64.3 cm³/mol. The molecule has 90 valence electrons. The fourth-order valence-electron chi connectivity index (χ4n) is 1.87. The number of hydrogen-bond donors (Lipinski definition) is 1. The number of carboxylic acids is 1. The maximum Gasteiger partial charge on any atom is 0.308 e. The van der Waals surface area contributed by atoms with E-state index in [-0.39, 0.29) is 18.9 Å². The molecule has 1 N–H and O–H groups in total. The summed E-state index contributed by atoms with van der Waals surface area (Å²) >= 11 is 5.98. The van der Waals surface area contributed by atoms with Gasteiger partial charge in [-0.2, -0.15) is 0 Å². The van der Waals surface area contributed by atoms with E-state index in [9.17, 15) is 9.59 Å². The molecule has 0 spiro atoms. The third-order valence-corrected chi connectivity index (χ3v) is 3.35. The van der Waals surface area contributed by atoms with Crippen LogP contribution in [0.1, 0.15) is 12.0 Å². The summed E-state index contributed by atoms with van der Waals surface area (Å²) in [5.74, 6) is -1.72. The van der Waals surface area contributed by atoms with Crippen LogP contribution in [0.4, 0.5) is 5.69 Å². The van der Waals surface area contributed by atoms with Crippen LogP contribution in [0.5, 0.6) is 0 Å². The van der Waals surface area contributed by atoms with Gasteiger partial charge in [0.2, 0.25) is 5.91 Å². The lowest BCUT2D eigenvalue weighted by molar-refractivity contribution is -0.141. The van der Waals surface area contributed by atoms with Gasteiger partial charge in [0.05, 0.1) is 5.92 Å². The number of rotatable bonds is 2. The molecule has 1 aromatic carbocycles. The average Bonchev–Trinajstić information content (AvgIpc) is 2.65. The number of nitrogens with zero attached hydrogens (tertiary/aromatic N) is 1. The Morgan fingerprint density at radius 1 is 1.53 bits per heavy atom. The van der Waals surface area contributed by atoms with Crippen molar-refractivity contribution in [1.29, 1.82) is 0 Å². The lowest BCUT2D eigenvalue weighted by Crippen LogP contribution is -2.25. The van der Waals surface area contributed by atoms with Gasteiger partial charge in [0.25, 0.3) is 0 Å². The summed E-state index contributed by atoms with van der Waals surface area (Å²) in [4.78, 5) is 24.0. The molecule has 0 radical (unpaired) electrons. The van der Waals surface area contributed by atoms with Crippen molar-refractivity contribution in [1.82, 2.24) is 0 Å². The summed E-state index contributed by atoms with van der Waals surface area (Å²) in [5, 5.41) is 9.47. The van der Waals surface area contributed by atoms with Crippen molar-refractivity contribution >= 4 is 29.2 Å². The number of halogens is 1. The zero-order chi connectivity index (χ0) is 12.6. The second-order valence-corrected chi connectivity index (χ2v) is 4.58. The number of aryl methyl sites for hydroxylation is 1. The summed E-state index contributed by atoms with van der Waals surface area (Å²) in [5.41, 5.74) is 1.59. The van der Waals surface area contributed by atoms with Crippen LogP contribution in [-0.4, -0.2) is 23.5 Å². The van der Waals surface area contributed by atoms with Crippen molar-refractivity contribution < 1.29 is 14.7 Å². The van der Waals surface area contributed by atoms with E-state index in [1.165, 1.54) is 4.90 Å². The summed E-state index contributed by atoms with van der Waals surface area (Å²) in [6.45, 7) is 2.09. The fourth-order valence-corrected chi connectivity index (χ4v) is 2.05. The van der Waals surface area contributed by atoms with Crippen LogP contribution >= 0.6 is 11.6 Å². The molecule has 0 saturated carbocycles. The summed E-state index contributed by atoms with van der Waals surface area (Å²) in [6.07, 6.45) is 0.0564. The van der Waals surface area contributed by atoms with Gasteiger partial charge >= 0.3 is 5.97 Å². The Morgan fingerprint density at radius 3 is 2.76 bits per heavy atom.